The Balaban J connectivity index is 1.82. The summed E-state index contributed by atoms with van der Waals surface area (Å²) in [4.78, 5) is 20.0. The van der Waals surface area contributed by atoms with Crippen molar-refractivity contribution in [1.82, 2.24) is 15.4 Å². The van der Waals surface area contributed by atoms with E-state index in [1.54, 1.807) is 30.3 Å². The van der Waals surface area contributed by atoms with Crippen molar-refractivity contribution in [2.24, 2.45) is 0 Å². The molecule has 0 unspecified atom stereocenters. The minimum atomic E-state index is -0.613. The van der Waals surface area contributed by atoms with Crippen LogP contribution in [0.1, 0.15) is 15.9 Å². The molecule has 3 rings (SSSR count). The fourth-order valence-electron chi connectivity index (χ4n) is 2.32. The molecule has 134 valence electrons. The quantitative estimate of drug-likeness (QED) is 0.534. The van der Waals surface area contributed by atoms with Crippen molar-refractivity contribution >= 4 is 11.6 Å². The van der Waals surface area contributed by atoms with Crippen LogP contribution in [-0.2, 0) is 0 Å². The number of carbonyl (C=O) groups excluding carboxylic acids is 1. The lowest BCUT2D eigenvalue weighted by molar-refractivity contribution is 0.0962. The number of methoxy groups -OCH3 is 1. The number of nitrogens with one attached hydrogen (secondary N) is 2. The van der Waals surface area contributed by atoms with Gasteiger partial charge in [-0.15, -0.1) is 0 Å². The highest BCUT2D eigenvalue weighted by atomic mass is 19.1. The van der Waals surface area contributed by atoms with Crippen LogP contribution >= 0.6 is 0 Å². The zero-order valence-electron chi connectivity index (χ0n) is 14.2. The van der Waals surface area contributed by atoms with Gasteiger partial charge in [-0.3, -0.25) is 15.6 Å². The monoisotopic (exact) mass is 363 g/mol. The molecular weight excluding hydrogens is 349 g/mol. The Morgan fingerprint density at radius 3 is 2.56 bits per heavy atom. The number of nitriles is 1. The third-order valence-corrected chi connectivity index (χ3v) is 3.68. The summed E-state index contributed by atoms with van der Waals surface area (Å²) in [6.45, 7) is 0. The first-order valence-electron chi connectivity index (χ1n) is 7.83. The van der Waals surface area contributed by atoms with Crippen LogP contribution in [0.2, 0.25) is 0 Å². The Labute approximate surface area is 154 Å². The predicted octanol–water partition coefficient (Wildman–Crippen LogP) is 2.92. The average Bonchev–Trinajstić information content (AvgIpc) is 2.72. The summed E-state index contributed by atoms with van der Waals surface area (Å²) >= 11 is 0. The molecule has 2 heterocycles. The SMILES string of the molecule is COc1ncc(C(=O)NNc2ccc(F)nc2)cc1-c1ccc(C#N)cc1. The van der Waals surface area contributed by atoms with Crippen molar-refractivity contribution in [2.45, 2.75) is 0 Å². The molecule has 2 N–H and O–H groups in total. The van der Waals surface area contributed by atoms with Crippen LogP contribution in [0, 0.1) is 17.3 Å². The van der Waals surface area contributed by atoms with Gasteiger partial charge in [0.15, 0.2) is 0 Å². The van der Waals surface area contributed by atoms with Gasteiger partial charge in [0.2, 0.25) is 11.8 Å². The number of anilines is 1. The fourth-order valence-corrected chi connectivity index (χ4v) is 2.32. The number of hydrogen-bond acceptors (Lipinski definition) is 6. The van der Waals surface area contributed by atoms with Gasteiger partial charge in [-0.05, 0) is 35.9 Å². The number of hydrazine groups is 1. The fraction of sp³-hybridized carbons (Fsp3) is 0.0526. The van der Waals surface area contributed by atoms with E-state index in [1.807, 2.05) is 0 Å². The molecule has 0 aliphatic rings. The number of carbonyl (C=O) groups is 1. The molecule has 0 saturated heterocycles. The first-order valence-corrected chi connectivity index (χ1v) is 7.83. The number of amides is 1. The highest BCUT2D eigenvalue weighted by molar-refractivity contribution is 5.96. The van der Waals surface area contributed by atoms with Crippen LogP contribution in [0.15, 0.2) is 54.9 Å². The smallest absolute Gasteiger partial charge is 0.271 e. The van der Waals surface area contributed by atoms with Crippen molar-refractivity contribution < 1.29 is 13.9 Å². The Hall–Kier alpha value is -3.99. The highest BCUT2D eigenvalue weighted by Crippen LogP contribution is 2.29. The topological polar surface area (TPSA) is 99.9 Å². The summed E-state index contributed by atoms with van der Waals surface area (Å²) in [6, 6.07) is 13.1. The molecule has 1 amide bonds. The van der Waals surface area contributed by atoms with Crippen molar-refractivity contribution in [3.63, 3.8) is 0 Å². The average molecular weight is 363 g/mol. The van der Waals surface area contributed by atoms with Crippen molar-refractivity contribution in [1.29, 1.82) is 5.26 Å². The van der Waals surface area contributed by atoms with E-state index in [2.05, 4.69) is 26.9 Å². The molecule has 0 aliphatic heterocycles. The van der Waals surface area contributed by atoms with Crippen molar-refractivity contribution in [2.75, 3.05) is 12.5 Å². The second-order valence-corrected chi connectivity index (χ2v) is 5.42. The molecule has 0 aliphatic carbocycles. The van der Waals surface area contributed by atoms with E-state index in [4.69, 9.17) is 10.00 Å². The number of aromatic nitrogens is 2. The summed E-state index contributed by atoms with van der Waals surface area (Å²) in [5.74, 6) is -0.699. The van der Waals surface area contributed by atoms with Gasteiger partial charge in [0, 0.05) is 11.8 Å². The summed E-state index contributed by atoms with van der Waals surface area (Å²) in [5.41, 5.74) is 7.75. The van der Waals surface area contributed by atoms with E-state index >= 15 is 0 Å². The Kier molecular flexibility index (Phi) is 5.23. The minimum Gasteiger partial charge on any atom is -0.481 e. The molecule has 8 heteroatoms. The summed E-state index contributed by atoms with van der Waals surface area (Å²) < 4.78 is 18.1. The Morgan fingerprint density at radius 1 is 1.15 bits per heavy atom. The second-order valence-electron chi connectivity index (χ2n) is 5.42. The first kappa shape index (κ1) is 17.8. The third-order valence-electron chi connectivity index (χ3n) is 3.68. The van der Waals surface area contributed by atoms with Gasteiger partial charge in [-0.1, -0.05) is 12.1 Å². The molecule has 0 bridgehead atoms. The number of benzene rings is 1. The minimum absolute atomic E-state index is 0.290. The van der Waals surface area contributed by atoms with Gasteiger partial charge in [0.05, 0.1) is 36.2 Å². The van der Waals surface area contributed by atoms with Gasteiger partial charge in [0.25, 0.3) is 5.91 Å². The first-order chi connectivity index (χ1) is 13.1. The molecular formula is C19H14FN5O2. The molecule has 0 radical (unpaired) electrons. The Bertz CT molecular complexity index is 998. The van der Waals surface area contributed by atoms with Crippen LogP contribution in [0.4, 0.5) is 10.1 Å². The molecule has 0 spiro atoms. The van der Waals surface area contributed by atoms with E-state index in [1.165, 1.54) is 31.6 Å². The molecule has 2 aromatic heterocycles. The van der Waals surface area contributed by atoms with E-state index in [9.17, 15) is 9.18 Å². The number of hydrogen-bond donors (Lipinski definition) is 2. The normalized spacial score (nSPS) is 9.96. The standard InChI is InChI=1S/C19H14FN5O2/c1-27-19-16(13-4-2-12(9-21)3-5-13)8-14(10-23-19)18(26)25-24-15-6-7-17(20)22-11-15/h2-8,10-11,24H,1H3,(H,25,26). The van der Waals surface area contributed by atoms with Gasteiger partial charge >= 0.3 is 0 Å². The summed E-state index contributed by atoms with van der Waals surface area (Å²) in [6.07, 6.45) is 2.63. The van der Waals surface area contributed by atoms with Crippen molar-refractivity contribution in [3.05, 3.63) is 71.9 Å². The summed E-state index contributed by atoms with van der Waals surface area (Å²) in [5, 5.41) is 8.91. The van der Waals surface area contributed by atoms with E-state index < -0.39 is 11.9 Å². The van der Waals surface area contributed by atoms with Gasteiger partial charge in [-0.2, -0.15) is 9.65 Å². The number of ether oxygens (including phenoxy) is 1. The molecule has 7 nitrogen and oxygen atoms in total. The maximum atomic E-state index is 12.8. The number of pyridine rings is 2. The number of rotatable bonds is 5. The van der Waals surface area contributed by atoms with Crippen LogP contribution < -0.4 is 15.6 Å². The number of halogens is 1. The van der Waals surface area contributed by atoms with Gasteiger partial charge in [0.1, 0.15) is 0 Å². The zero-order chi connectivity index (χ0) is 19.2. The van der Waals surface area contributed by atoms with E-state index in [0.717, 1.165) is 5.56 Å². The maximum Gasteiger partial charge on any atom is 0.271 e. The Morgan fingerprint density at radius 2 is 1.93 bits per heavy atom. The van der Waals surface area contributed by atoms with Crippen LogP contribution in [0.5, 0.6) is 5.88 Å². The van der Waals surface area contributed by atoms with E-state index in [0.29, 0.717) is 22.7 Å². The lowest BCUT2D eigenvalue weighted by atomic mass is 10.0. The van der Waals surface area contributed by atoms with Crippen LogP contribution in [-0.4, -0.2) is 23.0 Å². The third kappa shape index (κ3) is 4.16. The second kappa shape index (κ2) is 7.93. The van der Waals surface area contributed by atoms with Crippen molar-refractivity contribution in [3.8, 4) is 23.1 Å². The van der Waals surface area contributed by atoms with Gasteiger partial charge in [-0.25, -0.2) is 9.97 Å². The molecule has 0 saturated carbocycles. The van der Waals surface area contributed by atoms with E-state index in [-0.39, 0.29) is 5.56 Å². The zero-order valence-corrected chi connectivity index (χ0v) is 14.2. The molecule has 27 heavy (non-hydrogen) atoms. The summed E-state index contributed by atoms with van der Waals surface area (Å²) in [7, 11) is 1.48. The largest absolute Gasteiger partial charge is 0.481 e. The molecule has 3 aromatic rings. The highest BCUT2D eigenvalue weighted by Gasteiger charge is 2.13. The lowest BCUT2D eigenvalue weighted by Gasteiger charge is -2.11. The predicted molar refractivity (Wildman–Crippen MR) is 96.2 cm³/mol. The number of nitrogens with zero attached hydrogens (tertiary/aromatic N) is 3. The van der Waals surface area contributed by atoms with Gasteiger partial charge < -0.3 is 4.74 Å². The maximum absolute atomic E-state index is 12.8. The molecule has 0 fully saturated rings. The van der Waals surface area contributed by atoms with Crippen LogP contribution in [0.25, 0.3) is 11.1 Å². The molecule has 0 atom stereocenters. The lowest BCUT2D eigenvalue weighted by Crippen LogP contribution is -2.29. The molecule has 1 aromatic carbocycles. The van der Waals surface area contributed by atoms with Crippen LogP contribution in [0.3, 0.4) is 0 Å².